The third-order valence-corrected chi connectivity index (χ3v) is 2.71. The number of rotatable bonds is 4. The zero-order valence-electron chi connectivity index (χ0n) is 10.7. The molecule has 0 fully saturated rings. The lowest BCUT2D eigenvalue weighted by Gasteiger charge is -2.08. The maximum atomic E-state index is 12.9. The summed E-state index contributed by atoms with van der Waals surface area (Å²) < 4.78 is 25.6. The summed E-state index contributed by atoms with van der Waals surface area (Å²) in [5.41, 5.74) is 1.48. The van der Waals surface area contributed by atoms with Crippen LogP contribution in [0.4, 0.5) is 13.6 Å². The minimum Gasteiger partial charge on any atom is -0.334 e. The van der Waals surface area contributed by atoms with Gasteiger partial charge >= 0.3 is 6.03 Å². The molecule has 2 rings (SSSR count). The lowest BCUT2D eigenvalue weighted by Crippen LogP contribution is -2.34. The van der Waals surface area contributed by atoms with Crippen molar-refractivity contribution in [3.8, 4) is 0 Å². The Morgan fingerprint density at radius 2 is 1.50 bits per heavy atom. The smallest absolute Gasteiger partial charge is 0.315 e. The molecular weight excluding hydrogens is 262 g/mol. The van der Waals surface area contributed by atoms with Crippen LogP contribution in [-0.4, -0.2) is 6.03 Å². The van der Waals surface area contributed by atoms with Crippen molar-refractivity contribution in [2.45, 2.75) is 13.1 Å². The van der Waals surface area contributed by atoms with Gasteiger partial charge in [0.2, 0.25) is 0 Å². The molecule has 0 bridgehead atoms. The molecule has 20 heavy (non-hydrogen) atoms. The average Bonchev–Trinajstić information content (AvgIpc) is 2.45. The Hall–Kier alpha value is -2.43. The highest BCUT2D eigenvalue weighted by Crippen LogP contribution is 2.03. The second-order valence-electron chi connectivity index (χ2n) is 4.29. The molecule has 5 heteroatoms. The summed E-state index contributed by atoms with van der Waals surface area (Å²) in [6, 6.07) is 11.5. The van der Waals surface area contributed by atoms with Gasteiger partial charge in [-0.3, -0.25) is 0 Å². The van der Waals surface area contributed by atoms with Gasteiger partial charge in [-0.15, -0.1) is 0 Å². The van der Waals surface area contributed by atoms with Crippen molar-refractivity contribution in [2.75, 3.05) is 0 Å². The lowest BCUT2D eigenvalue weighted by atomic mass is 10.2. The van der Waals surface area contributed by atoms with Gasteiger partial charge in [-0.1, -0.05) is 24.3 Å². The predicted octanol–water partition coefficient (Wildman–Crippen LogP) is 2.96. The van der Waals surface area contributed by atoms with E-state index in [4.69, 9.17) is 0 Å². The van der Waals surface area contributed by atoms with Gasteiger partial charge < -0.3 is 10.6 Å². The van der Waals surface area contributed by atoms with E-state index in [1.165, 1.54) is 24.3 Å². The van der Waals surface area contributed by atoms with E-state index in [1.54, 1.807) is 24.3 Å². The number of amides is 2. The van der Waals surface area contributed by atoms with Gasteiger partial charge in [0.25, 0.3) is 0 Å². The largest absolute Gasteiger partial charge is 0.334 e. The molecular formula is C15H14F2N2O. The number of carbonyl (C=O) groups excluding carboxylic acids is 1. The van der Waals surface area contributed by atoms with Crippen LogP contribution in [0.3, 0.4) is 0 Å². The maximum absolute atomic E-state index is 12.9. The number of halogens is 2. The molecule has 0 aliphatic heterocycles. The SMILES string of the molecule is O=C(NCc1ccc(F)cc1)NCc1cccc(F)c1. The first-order valence-corrected chi connectivity index (χ1v) is 6.14. The Morgan fingerprint density at radius 1 is 0.850 bits per heavy atom. The molecule has 2 aromatic rings. The highest BCUT2D eigenvalue weighted by molar-refractivity contribution is 5.73. The van der Waals surface area contributed by atoms with E-state index in [0.29, 0.717) is 12.1 Å². The molecule has 2 N–H and O–H groups in total. The van der Waals surface area contributed by atoms with Crippen molar-refractivity contribution in [3.05, 3.63) is 71.3 Å². The van der Waals surface area contributed by atoms with E-state index in [2.05, 4.69) is 10.6 Å². The van der Waals surface area contributed by atoms with Crippen molar-refractivity contribution in [1.29, 1.82) is 0 Å². The van der Waals surface area contributed by atoms with E-state index in [1.807, 2.05) is 0 Å². The Morgan fingerprint density at radius 3 is 2.15 bits per heavy atom. The van der Waals surface area contributed by atoms with Crippen molar-refractivity contribution in [3.63, 3.8) is 0 Å². The van der Waals surface area contributed by atoms with Crippen molar-refractivity contribution in [2.24, 2.45) is 0 Å². The molecule has 0 atom stereocenters. The Bertz CT molecular complexity index is 585. The first kappa shape index (κ1) is 14.0. The standard InChI is InChI=1S/C15H14F2N2O/c16-13-6-4-11(5-7-13)9-18-15(20)19-10-12-2-1-3-14(17)8-12/h1-8H,9-10H2,(H2,18,19,20). The maximum Gasteiger partial charge on any atom is 0.315 e. The van der Waals surface area contributed by atoms with Gasteiger partial charge in [-0.25, -0.2) is 13.6 Å². The van der Waals surface area contributed by atoms with Crippen molar-refractivity contribution in [1.82, 2.24) is 10.6 Å². The Labute approximate surface area is 115 Å². The van der Waals surface area contributed by atoms with E-state index in [0.717, 1.165) is 5.56 Å². The van der Waals surface area contributed by atoms with E-state index in [9.17, 15) is 13.6 Å². The van der Waals surface area contributed by atoms with Crippen LogP contribution in [-0.2, 0) is 13.1 Å². The number of hydrogen-bond donors (Lipinski definition) is 2. The molecule has 0 spiro atoms. The van der Waals surface area contributed by atoms with Crippen LogP contribution in [0.5, 0.6) is 0 Å². The molecule has 0 aromatic heterocycles. The van der Waals surface area contributed by atoms with Gasteiger partial charge in [0.15, 0.2) is 0 Å². The van der Waals surface area contributed by atoms with Crippen LogP contribution in [0.1, 0.15) is 11.1 Å². The molecule has 0 saturated heterocycles. The Balaban J connectivity index is 1.77. The molecule has 0 unspecified atom stereocenters. The first-order chi connectivity index (χ1) is 9.63. The molecule has 104 valence electrons. The van der Waals surface area contributed by atoms with Crippen molar-refractivity contribution >= 4 is 6.03 Å². The zero-order chi connectivity index (χ0) is 14.4. The summed E-state index contributed by atoms with van der Waals surface area (Å²) >= 11 is 0. The normalized spacial score (nSPS) is 10.1. The molecule has 2 amide bonds. The zero-order valence-corrected chi connectivity index (χ0v) is 10.7. The van der Waals surface area contributed by atoms with Crippen LogP contribution >= 0.6 is 0 Å². The fourth-order valence-corrected chi connectivity index (χ4v) is 1.68. The number of benzene rings is 2. The van der Waals surface area contributed by atoms with Crippen LogP contribution in [0.2, 0.25) is 0 Å². The number of hydrogen-bond acceptors (Lipinski definition) is 1. The average molecular weight is 276 g/mol. The summed E-state index contributed by atoms with van der Waals surface area (Å²) in [4.78, 5) is 11.6. The topological polar surface area (TPSA) is 41.1 Å². The van der Waals surface area contributed by atoms with Gasteiger partial charge in [-0.05, 0) is 35.4 Å². The quantitative estimate of drug-likeness (QED) is 0.885. The highest BCUT2D eigenvalue weighted by Gasteiger charge is 2.01. The summed E-state index contributed by atoms with van der Waals surface area (Å²) in [6.45, 7) is 0.544. The number of nitrogens with one attached hydrogen (secondary N) is 2. The molecule has 0 heterocycles. The van der Waals surface area contributed by atoms with E-state index < -0.39 is 0 Å². The van der Waals surface area contributed by atoms with Gasteiger partial charge in [0.1, 0.15) is 11.6 Å². The predicted molar refractivity (Wildman–Crippen MR) is 71.9 cm³/mol. The number of urea groups is 1. The lowest BCUT2D eigenvalue weighted by molar-refractivity contribution is 0.240. The monoisotopic (exact) mass is 276 g/mol. The molecule has 0 radical (unpaired) electrons. The molecule has 0 aliphatic rings. The van der Waals surface area contributed by atoms with E-state index >= 15 is 0 Å². The summed E-state index contributed by atoms with van der Waals surface area (Å²) in [7, 11) is 0. The van der Waals surface area contributed by atoms with Gasteiger partial charge in [0, 0.05) is 13.1 Å². The molecule has 0 aliphatic carbocycles. The summed E-state index contributed by atoms with van der Waals surface area (Å²) in [6.07, 6.45) is 0. The summed E-state index contributed by atoms with van der Waals surface area (Å²) in [5, 5.41) is 5.25. The minimum atomic E-state index is -0.362. The molecule has 0 saturated carbocycles. The van der Waals surface area contributed by atoms with Crippen LogP contribution < -0.4 is 10.6 Å². The van der Waals surface area contributed by atoms with Crippen LogP contribution in [0.15, 0.2) is 48.5 Å². The fourth-order valence-electron chi connectivity index (χ4n) is 1.68. The van der Waals surface area contributed by atoms with Crippen LogP contribution in [0, 0.1) is 11.6 Å². The molecule has 3 nitrogen and oxygen atoms in total. The third kappa shape index (κ3) is 4.35. The molecule has 2 aromatic carbocycles. The van der Waals surface area contributed by atoms with Crippen molar-refractivity contribution < 1.29 is 13.6 Å². The third-order valence-electron chi connectivity index (χ3n) is 2.71. The van der Waals surface area contributed by atoms with E-state index in [-0.39, 0.29) is 24.2 Å². The second-order valence-corrected chi connectivity index (χ2v) is 4.29. The van der Waals surface area contributed by atoms with Gasteiger partial charge in [0.05, 0.1) is 0 Å². The Kier molecular flexibility index (Phi) is 4.65. The minimum absolute atomic E-state index is 0.243. The first-order valence-electron chi connectivity index (χ1n) is 6.14. The van der Waals surface area contributed by atoms with Crippen LogP contribution in [0.25, 0.3) is 0 Å². The van der Waals surface area contributed by atoms with Gasteiger partial charge in [-0.2, -0.15) is 0 Å². The summed E-state index contributed by atoms with van der Waals surface area (Å²) in [5.74, 6) is -0.652. The number of carbonyl (C=O) groups is 1. The highest BCUT2D eigenvalue weighted by atomic mass is 19.1. The second kappa shape index (κ2) is 6.65. The fraction of sp³-hybridized carbons (Fsp3) is 0.133.